The second kappa shape index (κ2) is 8.87. The first-order chi connectivity index (χ1) is 13.5. The summed E-state index contributed by atoms with van der Waals surface area (Å²) in [5.41, 5.74) is 1.24. The van der Waals surface area contributed by atoms with Crippen LogP contribution in [0.2, 0.25) is 0 Å². The Morgan fingerprint density at radius 3 is 2.61 bits per heavy atom. The Morgan fingerprint density at radius 2 is 1.93 bits per heavy atom. The Bertz CT molecular complexity index is 841. The van der Waals surface area contributed by atoms with Gasteiger partial charge in [-0.15, -0.1) is 0 Å². The SMILES string of the molecule is CC[C@@H]1CN(C(=O)c2cccc(F)c2OC)CCC(=O)N1Cc1ccccc1. The highest BCUT2D eigenvalue weighted by atomic mass is 19.1. The molecule has 1 fully saturated rings. The van der Waals surface area contributed by atoms with E-state index in [9.17, 15) is 14.0 Å². The summed E-state index contributed by atoms with van der Waals surface area (Å²) in [7, 11) is 1.34. The molecule has 0 aliphatic carbocycles. The third-order valence-electron chi connectivity index (χ3n) is 5.14. The molecular formula is C22H25FN2O3. The van der Waals surface area contributed by atoms with E-state index in [1.54, 1.807) is 11.0 Å². The van der Waals surface area contributed by atoms with Gasteiger partial charge in [0.05, 0.1) is 12.7 Å². The summed E-state index contributed by atoms with van der Waals surface area (Å²) in [6.45, 7) is 3.24. The zero-order chi connectivity index (χ0) is 20.1. The molecule has 0 radical (unpaired) electrons. The van der Waals surface area contributed by atoms with Gasteiger partial charge >= 0.3 is 0 Å². The zero-order valence-electron chi connectivity index (χ0n) is 16.2. The van der Waals surface area contributed by atoms with Crippen molar-refractivity contribution in [3.05, 3.63) is 65.5 Å². The van der Waals surface area contributed by atoms with E-state index in [0.29, 0.717) is 19.6 Å². The number of nitrogens with zero attached hydrogens (tertiary/aromatic N) is 2. The first-order valence-corrected chi connectivity index (χ1v) is 9.50. The van der Waals surface area contributed by atoms with Crippen molar-refractivity contribution in [3.63, 3.8) is 0 Å². The van der Waals surface area contributed by atoms with Crippen LogP contribution in [-0.2, 0) is 11.3 Å². The van der Waals surface area contributed by atoms with E-state index in [1.807, 2.05) is 42.2 Å². The van der Waals surface area contributed by atoms with Crippen molar-refractivity contribution in [1.82, 2.24) is 9.80 Å². The van der Waals surface area contributed by atoms with Gasteiger partial charge in [0.1, 0.15) is 0 Å². The molecule has 0 unspecified atom stereocenters. The molecule has 0 aromatic heterocycles. The molecule has 1 saturated heterocycles. The first-order valence-electron chi connectivity index (χ1n) is 9.50. The van der Waals surface area contributed by atoms with Crippen molar-refractivity contribution < 1.29 is 18.7 Å². The van der Waals surface area contributed by atoms with Crippen molar-refractivity contribution in [3.8, 4) is 5.75 Å². The van der Waals surface area contributed by atoms with Gasteiger partial charge in [-0.1, -0.05) is 43.3 Å². The molecule has 2 aromatic carbocycles. The predicted molar refractivity (Wildman–Crippen MR) is 105 cm³/mol. The third kappa shape index (κ3) is 4.16. The minimum atomic E-state index is -0.572. The summed E-state index contributed by atoms with van der Waals surface area (Å²) in [6.07, 6.45) is 0.968. The van der Waals surface area contributed by atoms with Crippen LogP contribution in [0.5, 0.6) is 5.75 Å². The van der Waals surface area contributed by atoms with Gasteiger partial charge in [0.2, 0.25) is 5.91 Å². The summed E-state index contributed by atoms with van der Waals surface area (Å²) in [6, 6.07) is 14.0. The van der Waals surface area contributed by atoms with Crippen molar-refractivity contribution in [2.75, 3.05) is 20.2 Å². The van der Waals surface area contributed by atoms with Crippen LogP contribution < -0.4 is 4.74 Å². The number of amides is 2. The number of carbonyl (C=O) groups is 2. The van der Waals surface area contributed by atoms with Crippen molar-refractivity contribution in [2.24, 2.45) is 0 Å². The monoisotopic (exact) mass is 384 g/mol. The molecule has 6 heteroatoms. The highest BCUT2D eigenvalue weighted by Gasteiger charge is 2.32. The molecular weight excluding hydrogens is 359 g/mol. The number of carbonyl (C=O) groups excluding carboxylic acids is 2. The highest BCUT2D eigenvalue weighted by Crippen LogP contribution is 2.25. The second-order valence-electron chi connectivity index (χ2n) is 6.89. The van der Waals surface area contributed by atoms with Crippen molar-refractivity contribution in [2.45, 2.75) is 32.4 Å². The Balaban J connectivity index is 1.83. The number of methoxy groups -OCH3 is 1. The third-order valence-corrected chi connectivity index (χ3v) is 5.14. The van der Waals surface area contributed by atoms with E-state index in [-0.39, 0.29) is 35.6 Å². The van der Waals surface area contributed by atoms with Gasteiger partial charge in [-0.2, -0.15) is 0 Å². The summed E-state index contributed by atoms with van der Waals surface area (Å²) >= 11 is 0. The molecule has 2 amide bonds. The number of rotatable bonds is 5. The van der Waals surface area contributed by atoms with Gasteiger partial charge < -0.3 is 14.5 Å². The standard InChI is InChI=1S/C22H25FN2O3/c1-3-17-15-24(22(27)18-10-7-11-19(23)21(18)28-2)13-12-20(26)25(17)14-16-8-5-4-6-9-16/h4-11,17H,3,12-15H2,1-2H3/t17-/m1/s1. The van der Waals surface area contributed by atoms with Crippen molar-refractivity contribution >= 4 is 11.8 Å². The predicted octanol–water partition coefficient (Wildman–Crippen LogP) is 3.49. The van der Waals surface area contributed by atoms with Crippen LogP contribution in [0.15, 0.2) is 48.5 Å². The summed E-state index contributed by atoms with van der Waals surface area (Å²) in [5, 5.41) is 0. The molecule has 1 heterocycles. The maximum absolute atomic E-state index is 14.0. The summed E-state index contributed by atoms with van der Waals surface area (Å²) < 4.78 is 19.1. The molecule has 28 heavy (non-hydrogen) atoms. The number of hydrogen-bond acceptors (Lipinski definition) is 3. The Morgan fingerprint density at radius 1 is 1.18 bits per heavy atom. The number of hydrogen-bond donors (Lipinski definition) is 0. The fourth-order valence-electron chi connectivity index (χ4n) is 3.61. The molecule has 5 nitrogen and oxygen atoms in total. The largest absolute Gasteiger partial charge is 0.493 e. The van der Waals surface area contributed by atoms with Gasteiger partial charge in [-0.25, -0.2) is 4.39 Å². The van der Waals surface area contributed by atoms with Gasteiger partial charge in [-0.05, 0) is 24.1 Å². The van der Waals surface area contributed by atoms with Crippen LogP contribution in [0, 0.1) is 5.82 Å². The normalized spacial score (nSPS) is 17.4. The summed E-state index contributed by atoms with van der Waals surface area (Å²) in [4.78, 5) is 29.3. The quantitative estimate of drug-likeness (QED) is 0.793. The molecule has 2 aromatic rings. The lowest BCUT2D eigenvalue weighted by molar-refractivity contribution is -0.133. The number of ether oxygens (including phenoxy) is 1. The lowest BCUT2D eigenvalue weighted by atomic mass is 10.1. The van der Waals surface area contributed by atoms with Crippen LogP contribution in [0.3, 0.4) is 0 Å². The van der Waals surface area contributed by atoms with E-state index in [4.69, 9.17) is 4.74 Å². The van der Waals surface area contributed by atoms with E-state index >= 15 is 0 Å². The van der Waals surface area contributed by atoms with Gasteiger partial charge in [-0.3, -0.25) is 9.59 Å². The van der Waals surface area contributed by atoms with E-state index < -0.39 is 5.82 Å². The topological polar surface area (TPSA) is 49.9 Å². The van der Waals surface area contributed by atoms with Crippen LogP contribution in [0.25, 0.3) is 0 Å². The molecule has 3 rings (SSSR count). The highest BCUT2D eigenvalue weighted by molar-refractivity contribution is 5.97. The minimum absolute atomic E-state index is 0.0252. The fourth-order valence-corrected chi connectivity index (χ4v) is 3.61. The zero-order valence-corrected chi connectivity index (χ0v) is 16.2. The molecule has 1 atom stereocenters. The molecule has 0 spiro atoms. The molecule has 1 aliphatic heterocycles. The van der Waals surface area contributed by atoms with Gasteiger partial charge in [0.15, 0.2) is 11.6 Å². The molecule has 148 valence electrons. The lowest BCUT2D eigenvalue weighted by Gasteiger charge is -2.31. The van der Waals surface area contributed by atoms with Crippen molar-refractivity contribution in [1.29, 1.82) is 0 Å². The number of para-hydroxylation sites is 1. The Kier molecular flexibility index (Phi) is 6.29. The summed E-state index contributed by atoms with van der Waals surface area (Å²) in [5.74, 6) is -0.921. The first kappa shape index (κ1) is 19.9. The van der Waals surface area contributed by atoms with Crippen LogP contribution in [0.4, 0.5) is 4.39 Å². The molecule has 0 N–H and O–H groups in total. The van der Waals surface area contributed by atoms with Crippen LogP contribution in [-0.4, -0.2) is 47.9 Å². The average molecular weight is 384 g/mol. The number of benzene rings is 2. The van der Waals surface area contributed by atoms with E-state index in [0.717, 1.165) is 12.0 Å². The second-order valence-corrected chi connectivity index (χ2v) is 6.89. The molecule has 1 aliphatic rings. The minimum Gasteiger partial charge on any atom is -0.493 e. The lowest BCUT2D eigenvalue weighted by Crippen LogP contribution is -2.43. The van der Waals surface area contributed by atoms with E-state index in [2.05, 4.69) is 0 Å². The molecule has 0 saturated carbocycles. The average Bonchev–Trinajstić information content (AvgIpc) is 2.87. The van der Waals surface area contributed by atoms with E-state index in [1.165, 1.54) is 19.2 Å². The Hall–Kier alpha value is -2.89. The Labute approximate surface area is 164 Å². The fraction of sp³-hybridized carbons (Fsp3) is 0.364. The van der Waals surface area contributed by atoms with Crippen LogP contribution >= 0.6 is 0 Å². The number of halogens is 1. The maximum Gasteiger partial charge on any atom is 0.257 e. The maximum atomic E-state index is 14.0. The van der Waals surface area contributed by atoms with Gasteiger partial charge in [0.25, 0.3) is 5.91 Å². The van der Waals surface area contributed by atoms with Gasteiger partial charge in [0, 0.05) is 32.1 Å². The smallest absolute Gasteiger partial charge is 0.257 e. The van der Waals surface area contributed by atoms with Crippen LogP contribution in [0.1, 0.15) is 35.7 Å². The molecule has 0 bridgehead atoms.